The molecular weight excluding hydrogens is 503 g/mol. The first-order valence-electron chi connectivity index (χ1n) is 11.6. The summed E-state index contributed by atoms with van der Waals surface area (Å²) >= 11 is 15.0. The molecule has 3 heterocycles. The summed E-state index contributed by atoms with van der Waals surface area (Å²) in [7, 11) is 0. The van der Waals surface area contributed by atoms with E-state index in [1.165, 1.54) is 24.2 Å². The van der Waals surface area contributed by atoms with Gasteiger partial charge in [-0.15, -0.1) is 11.3 Å². The highest BCUT2D eigenvalue weighted by Gasteiger charge is 2.20. The van der Waals surface area contributed by atoms with Crippen LogP contribution in [0, 0.1) is 0 Å². The fourth-order valence-electron chi connectivity index (χ4n) is 4.23. The van der Waals surface area contributed by atoms with Gasteiger partial charge in [-0.05, 0) is 63.1 Å². The van der Waals surface area contributed by atoms with Gasteiger partial charge in [0.2, 0.25) is 0 Å². The smallest absolute Gasteiger partial charge is 0.180 e. The molecule has 10 heteroatoms. The molecule has 1 saturated carbocycles. The van der Waals surface area contributed by atoms with Gasteiger partial charge >= 0.3 is 0 Å². The first-order chi connectivity index (χ1) is 17.0. The minimum Gasteiger partial charge on any atom is -0.490 e. The highest BCUT2D eigenvalue weighted by atomic mass is 35.5. The molecule has 7 nitrogen and oxygen atoms in total. The fraction of sp³-hybridized carbons (Fsp3) is 0.320. The molecule has 0 unspecified atom stereocenters. The number of nitrogen functional groups attached to an aromatic ring is 1. The highest BCUT2D eigenvalue weighted by Crippen LogP contribution is 2.39. The maximum atomic E-state index is 6.72. The van der Waals surface area contributed by atoms with Crippen molar-refractivity contribution in [2.24, 2.45) is 0 Å². The topological polar surface area (TPSA) is 99.7 Å². The average Bonchev–Trinajstić information content (AvgIpc) is 3.51. The lowest BCUT2D eigenvalue weighted by molar-refractivity contribution is 0.210. The Morgan fingerprint density at radius 3 is 2.43 bits per heavy atom. The summed E-state index contributed by atoms with van der Waals surface area (Å²) in [5, 5.41) is 1.56. The summed E-state index contributed by atoms with van der Waals surface area (Å²) in [5.74, 6) is 1.16. The largest absolute Gasteiger partial charge is 0.490 e. The number of benzene rings is 1. The Hall–Kier alpha value is -2.81. The molecule has 0 aliphatic heterocycles. The van der Waals surface area contributed by atoms with Gasteiger partial charge in [0.15, 0.2) is 11.0 Å². The van der Waals surface area contributed by atoms with Gasteiger partial charge in [-0.2, -0.15) is 0 Å². The number of aryl methyl sites for hydroxylation is 2. The minimum absolute atomic E-state index is 0.218. The van der Waals surface area contributed by atoms with Crippen LogP contribution in [-0.4, -0.2) is 31.0 Å². The van der Waals surface area contributed by atoms with Crippen molar-refractivity contribution < 1.29 is 4.74 Å². The first kappa shape index (κ1) is 23.9. The summed E-state index contributed by atoms with van der Waals surface area (Å²) in [6.45, 7) is 0. The maximum absolute atomic E-state index is 6.72. The minimum atomic E-state index is 0.218. The lowest BCUT2D eigenvalue weighted by Crippen LogP contribution is -2.10. The summed E-state index contributed by atoms with van der Waals surface area (Å²) < 4.78 is 6.11. The van der Waals surface area contributed by atoms with Gasteiger partial charge in [-0.1, -0.05) is 23.2 Å². The quantitative estimate of drug-likeness (QED) is 0.281. The highest BCUT2D eigenvalue weighted by molar-refractivity contribution is 7.15. The van der Waals surface area contributed by atoms with Crippen molar-refractivity contribution in [1.82, 2.24) is 24.9 Å². The molecule has 3 aromatic heterocycles. The normalized spacial score (nSPS) is 13.9. The molecule has 0 atom stereocenters. The fourth-order valence-corrected chi connectivity index (χ4v) is 5.61. The van der Waals surface area contributed by atoms with Crippen LogP contribution >= 0.6 is 34.5 Å². The Kier molecular flexibility index (Phi) is 7.41. The molecule has 1 aliphatic carbocycles. The number of aromatic nitrogens is 5. The average molecular weight is 527 g/mol. The van der Waals surface area contributed by atoms with Crippen LogP contribution in [0.1, 0.15) is 42.7 Å². The lowest BCUT2D eigenvalue weighted by Gasteiger charge is -2.16. The van der Waals surface area contributed by atoms with Crippen LogP contribution in [0.25, 0.3) is 22.8 Å². The Morgan fingerprint density at radius 2 is 1.74 bits per heavy atom. The van der Waals surface area contributed by atoms with Crippen molar-refractivity contribution in [1.29, 1.82) is 0 Å². The van der Waals surface area contributed by atoms with Crippen molar-refractivity contribution in [2.75, 3.05) is 5.73 Å². The third kappa shape index (κ3) is 5.89. The number of rotatable bonds is 8. The van der Waals surface area contributed by atoms with Gasteiger partial charge in [-0.25, -0.2) is 19.9 Å². The van der Waals surface area contributed by atoms with E-state index in [1.807, 2.05) is 24.4 Å². The van der Waals surface area contributed by atoms with E-state index in [2.05, 4.69) is 15.0 Å². The molecule has 1 aliphatic rings. The van der Waals surface area contributed by atoms with Crippen molar-refractivity contribution in [3.05, 3.63) is 63.6 Å². The predicted octanol–water partition coefficient (Wildman–Crippen LogP) is 6.44. The molecule has 4 aromatic rings. The number of nitrogens with two attached hydrogens (primary N) is 1. The number of hydrogen-bond donors (Lipinski definition) is 1. The van der Waals surface area contributed by atoms with Crippen molar-refractivity contribution in [3.63, 3.8) is 0 Å². The Labute approximate surface area is 217 Å². The molecule has 0 bridgehead atoms. The second kappa shape index (κ2) is 10.8. The summed E-state index contributed by atoms with van der Waals surface area (Å²) in [4.78, 5) is 23.3. The second-order valence-electron chi connectivity index (χ2n) is 8.46. The Bertz CT molecular complexity index is 1290. The molecule has 180 valence electrons. The second-order valence-corrected chi connectivity index (χ2v) is 10.4. The molecule has 1 fully saturated rings. The number of halogens is 2. The zero-order valence-electron chi connectivity index (χ0n) is 19.0. The van der Waals surface area contributed by atoms with E-state index in [0.29, 0.717) is 43.7 Å². The molecule has 5 rings (SSSR count). The predicted molar refractivity (Wildman–Crippen MR) is 140 cm³/mol. The molecule has 0 saturated heterocycles. The van der Waals surface area contributed by atoms with E-state index < -0.39 is 0 Å². The maximum Gasteiger partial charge on any atom is 0.180 e. The van der Waals surface area contributed by atoms with E-state index in [4.69, 9.17) is 43.6 Å². The van der Waals surface area contributed by atoms with Crippen molar-refractivity contribution in [2.45, 2.75) is 51.0 Å². The number of thiazole rings is 1. The third-order valence-corrected chi connectivity index (χ3v) is 7.36. The van der Waals surface area contributed by atoms with Gasteiger partial charge in [0.05, 0.1) is 28.0 Å². The van der Waals surface area contributed by atoms with Gasteiger partial charge in [0, 0.05) is 34.7 Å². The molecule has 35 heavy (non-hydrogen) atoms. The van der Waals surface area contributed by atoms with Crippen LogP contribution in [0.4, 0.5) is 5.13 Å². The first-order valence-corrected chi connectivity index (χ1v) is 13.1. The molecule has 0 amide bonds. The van der Waals surface area contributed by atoms with E-state index in [-0.39, 0.29) is 6.10 Å². The summed E-state index contributed by atoms with van der Waals surface area (Å²) in [6.07, 6.45) is 13.9. The van der Waals surface area contributed by atoms with Crippen LogP contribution in [-0.2, 0) is 12.8 Å². The number of ether oxygens (including phenoxy) is 1. The number of anilines is 1. The van der Waals surface area contributed by atoms with E-state index >= 15 is 0 Å². The summed E-state index contributed by atoms with van der Waals surface area (Å²) in [6, 6.07) is 5.57. The van der Waals surface area contributed by atoms with Crippen LogP contribution in [0.2, 0.25) is 10.0 Å². The van der Waals surface area contributed by atoms with Crippen LogP contribution < -0.4 is 10.5 Å². The van der Waals surface area contributed by atoms with E-state index in [0.717, 1.165) is 42.7 Å². The van der Waals surface area contributed by atoms with Gasteiger partial charge in [0.25, 0.3) is 0 Å². The molecule has 1 aromatic carbocycles. The van der Waals surface area contributed by atoms with Gasteiger partial charge in [-0.3, -0.25) is 4.98 Å². The third-order valence-electron chi connectivity index (χ3n) is 5.88. The SMILES string of the molecule is Nc1ncc(CCCc2cc(-c3c(Cl)cc(OC4CCCC4)cc3Cl)nc(-c3cnccn3)n2)s1. The van der Waals surface area contributed by atoms with Crippen LogP contribution in [0.15, 0.2) is 43.0 Å². The molecule has 0 radical (unpaired) electrons. The summed E-state index contributed by atoms with van der Waals surface area (Å²) in [5.41, 5.74) is 8.49. The van der Waals surface area contributed by atoms with Gasteiger partial charge in [0.1, 0.15) is 11.4 Å². The van der Waals surface area contributed by atoms with E-state index in [9.17, 15) is 0 Å². The van der Waals surface area contributed by atoms with E-state index in [1.54, 1.807) is 18.6 Å². The zero-order valence-corrected chi connectivity index (χ0v) is 21.3. The van der Waals surface area contributed by atoms with Crippen molar-refractivity contribution >= 4 is 39.7 Å². The lowest BCUT2D eigenvalue weighted by atomic mass is 10.1. The standard InChI is InChI=1S/C25H24Cl2N6OS/c26-19-11-17(34-16-5-1-2-6-16)12-20(27)23(19)21-10-15(4-3-7-18-13-31-25(28)35-18)32-24(33-21)22-14-29-8-9-30-22/h8-14,16H,1-7H2,(H2,28,31). The molecule has 2 N–H and O–H groups in total. The van der Waals surface area contributed by atoms with Crippen molar-refractivity contribution in [3.8, 4) is 28.5 Å². The number of nitrogens with zero attached hydrogens (tertiary/aromatic N) is 5. The molecule has 0 spiro atoms. The monoisotopic (exact) mass is 526 g/mol. The van der Waals surface area contributed by atoms with Gasteiger partial charge < -0.3 is 10.5 Å². The Morgan fingerprint density at radius 1 is 0.943 bits per heavy atom. The van der Waals surface area contributed by atoms with Crippen LogP contribution in [0.3, 0.4) is 0 Å². The van der Waals surface area contributed by atoms with Crippen LogP contribution in [0.5, 0.6) is 5.75 Å². The zero-order chi connectivity index (χ0) is 24.2. The number of hydrogen-bond acceptors (Lipinski definition) is 8. The Balaban J connectivity index is 1.45. The molecular formula is C25H24Cl2N6OS.